The summed E-state index contributed by atoms with van der Waals surface area (Å²) < 4.78 is 0. The first-order chi connectivity index (χ1) is 6.31. The molecule has 0 fully saturated rings. The van der Waals surface area contributed by atoms with Crippen LogP contribution >= 0.6 is 0 Å². The van der Waals surface area contributed by atoms with Gasteiger partial charge in [-0.05, 0) is 25.2 Å². The Kier molecular flexibility index (Phi) is 32.0. The van der Waals surface area contributed by atoms with Gasteiger partial charge in [-0.1, -0.05) is 26.8 Å². The standard InChI is InChI=1S/C8H16O.C2H6.CH4O/c1-3-4-5-8(2)6-7-9;2*1-2/h3,8-9H,1,4-7H2,2H3;1-2H3;2H,1H3. The summed E-state index contributed by atoms with van der Waals surface area (Å²) in [5.74, 6) is 0.646. The Morgan fingerprint density at radius 3 is 2.00 bits per heavy atom. The molecule has 0 heterocycles. The van der Waals surface area contributed by atoms with Crippen LogP contribution in [0.3, 0.4) is 0 Å². The molecule has 0 spiro atoms. The summed E-state index contributed by atoms with van der Waals surface area (Å²) in [7, 11) is 1.00. The molecule has 0 aromatic heterocycles. The van der Waals surface area contributed by atoms with E-state index in [-0.39, 0.29) is 0 Å². The molecule has 0 saturated carbocycles. The van der Waals surface area contributed by atoms with Gasteiger partial charge in [0.25, 0.3) is 0 Å². The Labute approximate surface area is 83.3 Å². The molecule has 1 atom stereocenters. The van der Waals surface area contributed by atoms with Gasteiger partial charge in [0.2, 0.25) is 0 Å². The van der Waals surface area contributed by atoms with Gasteiger partial charge in [0.15, 0.2) is 0 Å². The topological polar surface area (TPSA) is 40.5 Å². The van der Waals surface area contributed by atoms with Crippen molar-refractivity contribution in [2.45, 2.75) is 40.0 Å². The SMILES string of the molecule is C=CCCC(C)CCO.CC.CO. The van der Waals surface area contributed by atoms with Crippen molar-refractivity contribution in [2.24, 2.45) is 5.92 Å². The van der Waals surface area contributed by atoms with Gasteiger partial charge in [0, 0.05) is 13.7 Å². The molecular formula is C11H26O2. The van der Waals surface area contributed by atoms with Crippen LogP contribution in [0.1, 0.15) is 40.0 Å². The quantitative estimate of drug-likeness (QED) is 0.654. The van der Waals surface area contributed by atoms with Crippen molar-refractivity contribution in [1.82, 2.24) is 0 Å². The van der Waals surface area contributed by atoms with Crippen LogP contribution < -0.4 is 0 Å². The fourth-order valence-corrected chi connectivity index (χ4v) is 0.767. The third-order valence-corrected chi connectivity index (χ3v) is 1.49. The number of hydrogen-bond acceptors (Lipinski definition) is 2. The van der Waals surface area contributed by atoms with Crippen LogP contribution in [0.5, 0.6) is 0 Å². The number of aliphatic hydroxyl groups excluding tert-OH is 2. The minimum atomic E-state index is 0.318. The van der Waals surface area contributed by atoms with Gasteiger partial charge >= 0.3 is 0 Å². The van der Waals surface area contributed by atoms with Gasteiger partial charge in [-0.2, -0.15) is 0 Å². The molecule has 0 aromatic rings. The molecule has 0 aromatic carbocycles. The Hall–Kier alpha value is -0.340. The first kappa shape index (κ1) is 18.4. The molecule has 2 heteroatoms. The zero-order valence-electron chi connectivity index (χ0n) is 9.58. The zero-order valence-corrected chi connectivity index (χ0v) is 9.58. The fraction of sp³-hybridized carbons (Fsp3) is 0.818. The molecular weight excluding hydrogens is 164 g/mol. The van der Waals surface area contributed by atoms with Crippen LogP contribution in [0.15, 0.2) is 12.7 Å². The van der Waals surface area contributed by atoms with Crippen molar-refractivity contribution in [3.63, 3.8) is 0 Å². The lowest BCUT2D eigenvalue weighted by Gasteiger charge is -2.05. The summed E-state index contributed by atoms with van der Waals surface area (Å²) in [6.07, 6.45) is 5.08. The van der Waals surface area contributed by atoms with Crippen LogP contribution in [-0.2, 0) is 0 Å². The summed E-state index contributed by atoms with van der Waals surface area (Å²) >= 11 is 0. The van der Waals surface area contributed by atoms with Crippen LogP contribution in [0.2, 0.25) is 0 Å². The molecule has 1 unspecified atom stereocenters. The number of allylic oxidation sites excluding steroid dienone is 1. The van der Waals surface area contributed by atoms with E-state index in [0.717, 1.165) is 26.4 Å². The fourth-order valence-electron chi connectivity index (χ4n) is 0.767. The Morgan fingerprint density at radius 2 is 1.69 bits per heavy atom. The van der Waals surface area contributed by atoms with Crippen LogP contribution in [0.4, 0.5) is 0 Å². The highest BCUT2D eigenvalue weighted by Crippen LogP contribution is 2.08. The smallest absolute Gasteiger partial charge is 0.0433 e. The molecule has 0 aliphatic rings. The van der Waals surface area contributed by atoms with Crippen molar-refractivity contribution < 1.29 is 10.2 Å². The first-order valence-corrected chi connectivity index (χ1v) is 4.97. The molecule has 0 aliphatic carbocycles. The van der Waals surface area contributed by atoms with Gasteiger partial charge < -0.3 is 10.2 Å². The van der Waals surface area contributed by atoms with Crippen molar-refractivity contribution in [3.8, 4) is 0 Å². The van der Waals surface area contributed by atoms with Gasteiger partial charge in [-0.3, -0.25) is 0 Å². The first-order valence-electron chi connectivity index (χ1n) is 4.97. The van der Waals surface area contributed by atoms with E-state index in [1.807, 2.05) is 19.9 Å². The van der Waals surface area contributed by atoms with E-state index < -0.39 is 0 Å². The van der Waals surface area contributed by atoms with E-state index in [1.54, 1.807) is 0 Å². The van der Waals surface area contributed by atoms with E-state index >= 15 is 0 Å². The maximum absolute atomic E-state index is 8.51. The van der Waals surface area contributed by atoms with Crippen molar-refractivity contribution in [2.75, 3.05) is 13.7 Å². The van der Waals surface area contributed by atoms with E-state index in [4.69, 9.17) is 10.2 Å². The predicted octanol–water partition coefficient (Wildman–Crippen LogP) is 2.61. The molecule has 0 rings (SSSR count). The molecule has 13 heavy (non-hydrogen) atoms. The van der Waals surface area contributed by atoms with Crippen LogP contribution in [0.25, 0.3) is 0 Å². The summed E-state index contributed by atoms with van der Waals surface area (Å²) in [5.41, 5.74) is 0. The van der Waals surface area contributed by atoms with E-state index in [2.05, 4.69) is 13.5 Å². The van der Waals surface area contributed by atoms with E-state index in [1.165, 1.54) is 0 Å². The minimum absolute atomic E-state index is 0.318. The second-order valence-electron chi connectivity index (χ2n) is 2.48. The monoisotopic (exact) mass is 190 g/mol. The van der Waals surface area contributed by atoms with Crippen molar-refractivity contribution in [3.05, 3.63) is 12.7 Å². The molecule has 2 N–H and O–H groups in total. The van der Waals surface area contributed by atoms with E-state index in [0.29, 0.717) is 12.5 Å². The summed E-state index contributed by atoms with van der Waals surface area (Å²) in [6.45, 7) is 10.1. The molecule has 0 radical (unpaired) electrons. The molecule has 82 valence electrons. The van der Waals surface area contributed by atoms with Crippen molar-refractivity contribution >= 4 is 0 Å². The summed E-state index contributed by atoms with van der Waals surface area (Å²) in [6, 6.07) is 0. The second-order valence-corrected chi connectivity index (χ2v) is 2.48. The lowest BCUT2D eigenvalue weighted by Crippen LogP contribution is -1.96. The molecule has 0 amide bonds. The number of aliphatic hydroxyl groups is 2. The number of rotatable bonds is 5. The Morgan fingerprint density at radius 1 is 1.23 bits per heavy atom. The van der Waals surface area contributed by atoms with Gasteiger partial charge in [-0.25, -0.2) is 0 Å². The lowest BCUT2D eigenvalue weighted by molar-refractivity contribution is 0.259. The summed E-state index contributed by atoms with van der Waals surface area (Å²) in [4.78, 5) is 0. The van der Waals surface area contributed by atoms with Crippen molar-refractivity contribution in [1.29, 1.82) is 0 Å². The summed E-state index contributed by atoms with van der Waals surface area (Å²) in [5, 5.41) is 15.5. The maximum atomic E-state index is 8.51. The van der Waals surface area contributed by atoms with Gasteiger partial charge in [-0.15, -0.1) is 6.58 Å². The van der Waals surface area contributed by atoms with Gasteiger partial charge in [0.05, 0.1) is 0 Å². The zero-order chi connectivity index (χ0) is 11.1. The molecule has 0 bridgehead atoms. The van der Waals surface area contributed by atoms with Crippen LogP contribution in [-0.4, -0.2) is 23.9 Å². The third-order valence-electron chi connectivity index (χ3n) is 1.49. The lowest BCUT2D eigenvalue weighted by atomic mass is 10.0. The highest BCUT2D eigenvalue weighted by Gasteiger charge is 1.97. The number of hydrogen-bond donors (Lipinski definition) is 2. The average molecular weight is 190 g/mol. The third kappa shape index (κ3) is 24.5. The normalized spacial score (nSPS) is 10.0. The van der Waals surface area contributed by atoms with Crippen LogP contribution in [0, 0.1) is 5.92 Å². The molecule has 2 nitrogen and oxygen atoms in total. The Bertz CT molecular complexity index is 72.5. The second kappa shape index (κ2) is 22.6. The minimum Gasteiger partial charge on any atom is -0.400 e. The predicted molar refractivity (Wildman–Crippen MR) is 59.8 cm³/mol. The molecule has 0 saturated heterocycles. The Balaban J connectivity index is -0.000000218. The van der Waals surface area contributed by atoms with Gasteiger partial charge in [0.1, 0.15) is 0 Å². The molecule has 0 aliphatic heterocycles. The average Bonchev–Trinajstić information content (AvgIpc) is 2.21. The largest absolute Gasteiger partial charge is 0.400 e. The highest BCUT2D eigenvalue weighted by atomic mass is 16.3. The van der Waals surface area contributed by atoms with E-state index in [9.17, 15) is 0 Å². The highest BCUT2D eigenvalue weighted by molar-refractivity contribution is 4.67. The maximum Gasteiger partial charge on any atom is 0.0433 e.